The summed E-state index contributed by atoms with van der Waals surface area (Å²) in [5.41, 5.74) is 5.44. The lowest BCUT2D eigenvalue weighted by Gasteiger charge is -2.23. The second kappa shape index (κ2) is 8.72. The van der Waals surface area contributed by atoms with Gasteiger partial charge in [0, 0.05) is 38.6 Å². The van der Waals surface area contributed by atoms with Crippen molar-refractivity contribution < 1.29 is 5.11 Å². The lowest BCUT2D eigenvalue weighted by molar-refractivity contribution is 0.131. The van der Waals surface area contributed by atoms with Crippen molar-refractivity contribution in [3.8, 4) is 0 Å². The van der Waals surface area contributed by atoms with Crippen LogP contribution in [0.4, 0.5) is 0 Å². The Morgan fingerprint density at radius 1 is 1.54 bits per heavy atom. The number of halogens is 1. The molecule has 0 saturated heterocycles. The third-order valence-electron chi connectivity index (χ3n) is 1.77. The van der Waals surface area contributed by atoms with Crippen LogP contribution in [0.25, 0.3) is 0 Å². The Morgan fingerprint density at radius 2 is 2.23 bits per heavy atom. The van der Waals surface area contributed by atoms with Crippen molar-refractivity contribution in [2.75, 3.05) is 45.7 Å². The van der Waals surface area contributed by atoms with Crippen LogP contribution in [0.3, 0.4) is 0 Å². The highest BCUT2D eigenvalue weighted by Crippen LogP contribution is 1.93. The first-order valence-electron chi connectivity index (χ1n) is 4.55. The van der Waals surface area contributed by atoms with Gasteiger partial charge in [-0.3, -0.25) is 4.90 Å². The van der Waals surface area contributed by atoms with Crippen molar-refractivity contribution in [2.45, 2.75) is 6.10 Å². The Labute approximate surface area is 85.0 Å². The normalized spacial score (nSPS) is 13.6. The molecule has 5 heteroatoms. The molecule has 0 aromatic carbocycles. The molecule has 1 atom stereocenters. The van der Waals surface area contributed by atoms with E-state index in [4.69, 9.17) is 17.3 Å². The largest absolute Gasteiger partial charge is 0.391 e. The van der Waals surface area contributed by atoms with Gasteiger partial charge in [0.05, 0.1) is 6.10 Å². The van der Waals surface area contributed by atoms with Gasteiger partial charge in [0.15, 0.2) is 0 Å². The van der Waals surface area contributed by atoms with E-state index in [9.17, 15) is 5.11 Å². The summed E-state index contributed by atoms with van der Waals surface area (Å²) >= 11 is 5.51. The minimum absolute atomic E-state index is 0.278. The molecule has 80 valence electrons. The third kappa shape index (κ3) is 7.22. The van der Waals surface area contributed by atoms with Gasteiger partial charge in [-0.25, -0.2) is 0 Å². The molecule has 1 unspecified atom stereocenters. The van der Waals surface area contributed by atoms with E-state index in [0.29, 0.717) is 13.1 Å². The zero-order valence-corrected chi connectivity index (χ0v) is 8.93. The first-order valence-corrected chi connectivity index (χ1v) is 5.09. The molecule has 4 nitrogen and oxygen atoms in total. The van der Waals surface area contributed by atoms with E-state index < -0.39 is 6.10 Å². The Kier molecular flexibility index (Phi) is 8.80. The van der Waals surface area contributed by atoms with E-state index in [2.05, 4.69) is 10.2 Å². The van der Waals surface area contributed by atoms with E-state index in [-0.39, 0.29) is 5.88 Å². The van der Waals surface area contributed by atoms with Crippen LogP contribution < -0.4 is 11.1 Å². The van der Waals surface area contributed by atoms with Crippen LogP contribution in [-0.4, -0.2) is 61.8 Å². The zero-order chi connectivity index (χ0) is 10.1. The van der Waals surface area contributed by atoms with Gasteiger partial charge >= 0.3 is 0 Å². The molecular formula is C8H20ClN3O. The Bertz CT molecular complexity index is 116. The fourth-order valence-corrected chi connectivity index (χ4v) is 1.19. The molecule has 0 rings (SSSR count). The molecule has 0 aliphatic rings. The second-order valence-corrected chi connectivity index (χ2v) is 3.31. The summed E-state index contributed by atoms with van der Waals surface area (Å²) < 4.78 is 0. The van der Waals surface area contributed by atoms with Gasteiger partial charge in [0.2, 0.25) is 0 Å². The molecular weight excluding hydrogens is 190 g/mol. The maximum atomic E-state index is 9.32. The Hall–Kier alpha value is 0.130. The third-order valence-corrected chi connectivity index (χ3v) is 2.13. The number of rotatable bonds is 8. The van der Waals surface area contributed by atoms with Gasteiger partial charge in [-0.1, -0.05) is 0 Å². The van der Waals surface area contributed by atoms with Crippen molar-refractivity contribution in [1.29, 1.82) is 0 Å². The zero-order valence-electron chi connectivity index (χ0n) is 8.17. The van der Waals surface area contributed by atoms with Crippen molar-refractivity contribution in [3.05, 3.63) is 0 Å². The van der Waals surface area contributed by atoms with Crippen LogP contribution in [-0.2, 0) is 0 Å². The molecule has 0 aromatic rings. The molecule has 0 aliphatic heterocycles. The predicted octanol–water partition coefficient (Wildman–Crippen LogP) is -0.934. The van der Waals surface area contributed by atoms with E-state index in [1.165, 1.54) is 0 Å². The van der Waals surface area contributed by atoms with Gasteiger partial charge < -0.3 is 16.2 Å². The molecule has 0 aromatic heterocycles. The number of likely N-dealkylation sites (N-methyl/N-ethyl adjacent to an activating group) is 1. The topological polar surface area (TPSA) is 61.5 Å². The van der Waals surface area contributed by atoms with Crippen molar-refractivity contribution in [2.24, 2.45) is 5.73 Å². The van der Waals surface area contributed by atoms with Gasteiger partial charge in [-0.05, 0) is 7.05 Å². The molecule has 0 heterocycles. The lowest BCUT2D eigenvalue weighted by Crippen LogP contribution is -2.40. The van der Waals surface area contributed by atoms with Crippen molar-refractivity contribution >= 4 is 11.6 Å². The molecule has 0 radical (unpaired) electrons. The minimum atomic E-state index is -0.454. The fraction of sp³-hybridized carbons (Fsp3) is 1.00. The summed E-state index contributed by atoms with van der Waals surface area (Å²) in [6.07, 6.45) is -0.454. The highest BCUT2D eigenvalue weighted by atomic mass is 35.5. The highest BCUT2D eigenvalue weighted by molar-refractivity contribution is 6.18. The lowest BCUT2D eigenvalue weighted by atomic mass is 10.3. The number of hydrogen-bond acceptors (Lipinski definition) is 4. The molecule has 0 bridgehead atoms. The van der Waals surface area contributed by atoms with Crippen LogP contribution in [0.15, 0.2) is 0 Å². The van der Waals surface area contributed by atoms with Crippen molar-refractivity contribution in [3.63, 3.8) is 0 Å². The standard InChI is InChI=1S/C8H20ClN3O/c1-11-3-5-12(4-2-10)7-8(13)6-9/h8,11,13H,2-7,10H2,1H3. The van der Waals surface area contributed by atoms with Crippen LogP contribution in [0, 0.1) is 0 Å². The number of aliphatic hydroxyl groups is 1. The van der Waals surface area contributed by atoms with Crippen LogP contribution in [0.2, 0.25) is 0 Å². The number of nitrogens with zero attached hydrogens (tertiary/aromatic N) is 1. The van der Waals surface area contributed by atoms with Gasteiger partial charge in [-0.15, -0.1) is 11.6 Å². The average Bonchev–Trinajstić information content (AvgIpc) is 2.14. The van der Waals surface area contributed by atoms with E-state index in [1.54, 1.807) is 0 Å². The number of nitrogens with two attached hydrogens (primary N) is 1. The molecule has 0 aliphatic carbocycles. The molecule has 0 spiro atoms. The monoisotopic (exact) mass is 209 g/mol. The minimum Gasteiger partial charge on any atom is -0.391 e. The summed E-state index contributed by atoms with van der Waals surface area (Å²) in [6.45, 7) is 3.80. The summed E-state index contributed by atoms with van der Waals surface area (Å²) in [7, 11) is 1.90. The average molecular weight is 210 g/mol. The van der Waals surface area contributed by atoms with Crippen LogP contribution in [0.5, 0.6) is 0 Å². The number of alkyl halides is 1. The highest BCUT2D eigenvalue weighted by Gasteiger charge is 2.09. The quantitative estimate of drug-likeness (QED) is 0.452. The summed E-state index contributed by atoms with van der Waals surface area (Å²) in [5, 5.41) is 12.4. The fourth-order valence-electron chi connectivity index (χ4n) is 1.09. The van der Waals surface area contributed by atoms with Crippen molar-refractivity contribution in [1.82, 2.24) is 10.2 Å². The van der Waals surface area contributed by atoms with Gasteiger partial charge in [0.1, 0.15) is 0 Å². The molecule has 0 fully saturated rings. The van der Waals surface area contributed by atoms with Crippen LogP contribution in [0.1, 0.15) is 0 Å². The van der Waals surface area contributed by atoms with Gasteiger partial charge in [-0.2, -0.15) is 0 Å². The maximum absolute atomic E-state index is 9.32. The molecule has 13 heavy (non-hydrogen) atoms. The molecule has 0 saturated carbocycles. The van der Waals surface area contributed by atoms with E-state index >= 15 is 0 Å². The van der Waals surface area contributed by atoms with E-state index in [0.717, 1.165) is 19.6 Å². The first-order chi connectivity index (χ1) is 6.24. The Morgan fingerprint density at radius 3 is 2.69 bits per heavy atom. The number of nitrogens with one attached hydrogen (secondary N) is 1. The van der Waals surface area contributed by atoms with Gasteiger partial charge in [0.25, 0.3) is 0 Å². The molecule has 0 amide bonds. The van der Waals surface area contributed by atoms with Crippen LogP contribution >= 0.6 is 11.6 Å². The maximum Gasteiger partial charge on any atom is 0.0802 e. The molecule has 4 N–H and O–H groups in total. The summed E-state index contributed by atoms with van der Waals surface area (Å²) in [6, 6.07) is 0. The number of hydrogen-bond donors (Lipinski definition) is 3. The summed E-state index contributed by atoms with van der Waals surface area (Å²) in [4.78, 5) is 2.10. The SMILES string of the molecule is CNCCN(CCN)CC(O)CCl. The summed E-state index contributed by atoms with van der Waals surface area (Å²) in [5.74, 6) is 0.278. The first kappa shape index (κ1) is 13.1. The second-order valence-electron chi connectivity index (χ2n) is 3.00. The number of aliphatic hydroxyl groups excluding tert-OH is 1. The predicted molar refractivity (Wildman–Crippen MR) is 56.1 cm³/mol. The Balaban J connectivity index is 3.65. The van der Waals surface area contributed by atoms with E-state index in [1.807, 2.05) is 7.05 Å². The smallest absolute Gasteiger partial charge is 0.0802 e.